The first-order valence-corrected chi connectivity index (χ1v) is 7.74. The normalized spacial score (nSPS) is 17.2. The third-order valence-corrected chi connectivity index (χ3v) is 4.30. The van der Waals surface area contributed by atoms with Crippen molar-refractivity contribution in [3.63, 3.8) is 0 Å². The zero-order chi connectivity index (χ0) is 13.7. The molecule has 2 rings (SSSR count). The van der Waals surface area contributed by atoms with E-state index in [1.165, 1.54) is 25.7 Å². The van der Waals surface area contributed by atoms with Gasteiger partial charge in [0.05, 0.1) is 5.02 Å². The van der Waals surface area contributed by atoms with E-state index in [-0.39, 0.29) is 10.8 Å². The summed E-state index contributed by atoms with van der Waals surface area (Å²) < 4.78 is 13.5. The summed E-state index contributed by atoms with van der Waals surface area (Å²) in [5, 5.41) is 3.80. The fourth-order valence-corrected chi connectivity index (χ4v) is 2.79. The highest BCUT2D eigenvalue weighted by atomic mass is 35.5. The van der Waals surface area contributed by atoms with Gasteiger partial charge in [-0.2, -0.15) is 0 Å². The first-order chi connectivity index (χ1) is 9.19. The second kappa shape index (κ2) is 7.25. The van der Waals surface area contributed by atoms with E-state index < -0.39 is 0 Å². The van der Waals surface area contributed by atoms with E-state index in [1.807, 2.05) is 6.07 Å². The minimum atomic E-state index is -0.308. The fourth-order valence-electron chi connectivity index (χ4n) is 2.67. The zero-order valence-corrected chi connectivity index (χ0v) is 12.3. The van der Waals surface area contributed by atoms with Gasteiger partial charge in [-0.3, -0.25) is 0 Å². The van der Waals surface area contributed by atoms with Crippen LogP contribution in [0, 0.1) is 11.7 Å². The maximum absolute atomic E-state index is 13.5. The Bertz CT molecular complexity index is 404. The van der Waals surface area contributed by atoms with Gasteiger partial charge < -0.3 is 5.32 Å². The third kappa shape index (κ3) is 4.47. The lowest BCUT2D eigenvalue weighted by Crippen LogP contribution is -2.35. The number of halogens is 2. The molecule has 19 heavy (non-hydrogen) atoms. The van der Waals surface area contributed by atoms with Crippen molar-refractivity contribution >= 4 is 11.6 Å². The molecule has 0 spiro atoms. The quantitative estimate of drug-likeness (QED) is 0.772. The molecule has 1 unspecified atom stereocenters. The smallest absolute Gasteiger partial charge is 0.142 e. The Labute approximate surface area is 120 Å². The van der Waals surface area contributed by atoms with Gasteiger partial charge in [-0.25, -0.2) is 4.39 Å². The van der Waals surface area contributed by atoms with Crippen LogP contribution in [0.3, 0.4) is 0 Å². The molecule has 0 heterocycles. The van der Waals surface area contributed by atoms with Crippen molar-refractivity contribution in [3.05, 3.63) is 34.6 Å². The maximum atomic E-state index is 13.5. The monoisotopic (exact) mass is 283 g/mol. The highest BCUT2D eigenvalue weighted by Gasteiger charge is 2.22. The van der Waals surface area contributed by atoms with E-state index in [2.05, 4.69) is 12.2 Å². The third-order valence-electron chi connectivity index (χ3n) is 3.99. The largest absolute Gasteiger partial charge is 0.314 e. The summed E-state index contributed by atoms with van der Waals surface area (Å²) in [4.78, 5) is 0. The van der Waals surface area contributed by atoms with E-state index in [4.69, 9.17) is 11.6 Å². The first kappa shape index (κ1) is 14.8. The fraction of sp³-hybridized carbons (Fsp3) is 0.625. The van der Waals surface area contributed by atoms with Crippen molar-refractivity contribution in [2.75, 3.05) is 6.54 Å². The summed E-state index contributed by atoms with van der Waals surface area (Å²) in [6.45, 7) is 3.21. The van der Waals surface area contributed by atoms with Gasteiger partial charge in [0.15, 0.2) is 0 Å². The molecule has 1 atom stereocenters. The molecule has 0 amide bonds. The van der Waals surface area contributed by atoms with Crippen LogP contribution in [-0.4, -0.2) is 12.6 Å². The van der Waals surface area contributed by atoms with E-state index >= 15 is 0 Å². The van der Waals surface area contributed by atoms with E-state index in [0.717, 1.165) is 30.9 Å². The Morgan fingerprint density at radius 3 is 2.79 bits per heavy atom. The topological polar surface area (TPSA) is 12.0 Å². The van der Waals surface area contributed by atoms with Crippen molar-refractivity contribution in [2.45, 2.75) is 51.5 Å². The Morgan fingerprint density at radius 2 is 2.21 bits per heavy atom. The van der Waals surface area contributed by atoms with Gasteiger partial charge >= 0.3 is 0 Å². The molecule has 1 N–H and O–H groups in total. The number of nitrogens with one attached hydrogen (secondary N) is 1. The van der Waals surface area contributed by atoms with Crippen LogP contribution in [0.2, 0.25) is 5.02 Å². The molecule has 0 aliphatic heterocycles. The lowest BCUT2D eigenvalue weighted by Gasteiger charge is -2.30. The highest BCUT2D eigenvalue weighted by Crippen LogP contribution is 2.31. The number of hydrogen-bond acceptors (Lipinski definition) is 1. The average Bonchev–Trinajstić information content (AvgIpc) is 2.35. The van der Waals surface area contributed by atoms with E-state index in [9.17, 15) is 4.39 Å². The van der Waals surface area contributed by atoms with E-state index in [0.29, 0.717) is 6.04 Å². The standard InChI is InChI=1S/C16H23ClFN/c1-2-8-19-14(9-12-4-3-5-12)10-13-6-7-15(17)16(18)11-13/h6-7,11-12,14,19H,2-5,8-10H2,1H3. The van der Waals surface area contributed by atoms with Crippen LogP contribution in [0.5, 0.6) is 0 Å². The summed E-state index contributed by atoms with van der Waals surface area (Å²) >= 11 is 5.73. The van der Waals surface area contributed by atoms with Crippen molar-refractivity contribution < 1.29 is 4.39 Å². The molecule has 1 aliphatic rings. The molecule has 1 saturated carbocycles. The predicted octanol–water partition coefficient (Wildman–Crippen LogP) is 4.58. The molecule has 0 aromatic heterocycles. The van der Waals surface area contributed by atoms with Crippen molar-refractivity contribution in [1.29, 1.82) is 0 Å². The summed E-state index contributed by atoms with van der Waals surface area (Å²) in [6, 6.07) is 5.63. The van der Waals surface area contributed by atoms with Gasteiger partial charge in [-0.05, 0) is 49.4 Å². The second-order valence-electron chi connectivity index (χ2n) is 5.64. The Hall–Kier alpha value is -0.600. The Kier molecular flexibility index (Phi) is 5.65. The molecule has 0 bridgehead atoms. The molecule has 106 valence electrons. The van der Waals surface area contributed by atoms with Gasteiger partial charge in [0.25, 0.3) is 0 Å². The molecular formula is C16H23ClFN. The second-order valence-corrected chi connectivity index (χ2v) is 6.04. The van der Waals surface area contributed by atoms with E-state index in [1.54, 1.807) is 12.1 Å². The molecular weight excluding hydrogens is 261 g/mol. The van der Waals surface area contributed by atoms with Crippen LogP contribution in [0.1, 0.15) is 44.6 Å². The lowest BCUT2D eigenvalue weighted by molar-refractivity contribution is 0.259. The number of benzene rings is 1. The predicted molar refractivity (Wildman–Crippen MR) is 79.2 cm³/mol. The first-order valence-electron chi connectivity index (χ1n) is 7.36. The summed E-state index contributed by atoms with van der Waals surface area (Å²) in [5.41, 5.74) is 1.04. The van der Waals surface area contributed by atoms with Crippen molar-refractivity contribution in [1.82, 2.24) is 5.32 Å². The lowest BCUT2D eigenvalue weighted by atomic mass is 9.80. The van der Waals surface area contributed by atoms with Gasteiger partial charge in [0, 0.05) is 6.04 Å². The van der Waals surface area contributed by atoms with Crippen molar-refractivity contribution in [2.24, 2.45) is 5.92 Å². The SMILES string of the molecule is CCCNC(Cc1ccc(Cl)c(F)c1)CC1CCC1. The molecule has 0 radical (unpaired) electrons. The summed E-state index contributed by atoms with van der Waals surface area (Å²) in [6.07, 6.45) is 7.34. The van der Waals surface area contributed by atoms with Gasteiger partial charge in [0.2, 0.25) is 0 Å². The minimum Gasteiger partial charge on any atom is -0.314 e. The van der Waals surface area contributed by atoms with Crippen molar-refractivity contribution in [3.8, 4) is 0 Å². The van der Waals surface area contributed by atoms with Crippen LogP contribution in [0.4, 0.5) is 4.39 Å². The molecule has 1 aliphatic carbocycles. The average molecular weight is 284 g/mol. The number of hydrogen-bond donors (Lipinski definition) is 1. The van der Waals surface area contributed by atoms with Crippen LogP contribution < -0.4 is 5.32 Å². The Balaban J connectivity index is 1.94. The summed E-state index contributed by atoms with van der Waals surface area (Å²) in [7, 11) is 0. The molecule has 1 fully saturated rings. The van der Waals surface area contributed by atoms with Crippen LogP contribution >= 0.6 is 11.6 Å². The molecule has 3 heteroatoms. The molecule has 1 aromatic carbocycles. The zero-order valence-electron chi connectivity index (χ0n) is 11.6. The minimum absolute atomic E-state index is 0.209. The summed E-state index contributed by atoms with van der Waals surface area (Å²) in [5.74, 6) is 0.559. The molecule has 1 aromatic rings. The Morgan fingerprint density at radius 1 is 1.42 bits per heavy atom. The van der Waals surface area contributed by atoms with Gasteiger partial charge in [0.1, 0.15) is 5.82 Å². The number of rotatable bonds is 7. The maximum Gasteiger partial charge on any atom is 0.142 e. The van der Waals surface area contributed by atoms with Gasteiger partial charge in [-0.1, -0.05) is 43.9 Å². The highest BCUT2D eigenvalue weighted by molar-refractivity contribution is 6.30. The van der Waals surface area contributed by atoms with Crippen LogP contribution in [-0.2, 0) is 6.42 Å². The van der Waals surface area contributed by atoms with Crippen LogP contribution in [0.15, 0.2) is 18.2 Å². The molecule has 1 nitrogen and oxygen atoms in total. The molecule has 0 saturated heterocycles. The van der Waals surface area contributed by atoms with Gasteiger partial charge in [-0.15, -0.1) is 0 Å². The van der Waals surface area contributed by atoms with Crippen LogP contribution in [0.25, 0.3) is 0 Å².